The zero-order valence-corrected chi connectivity index (χ0v) is 8.42. The molecule has 1 aliphatic rings. The summed E-state index contributed by atoms with van der Waals surface area (Å²) in [6, 6.07) is -0.360. The van der Waals surface area contributed by atoms with Crippen LogP contribution in [0.15, 0.2) is 0 Å². The smallest absolute Gasteiger partial charge is 0.149 e. The first kappa shape index (κ1) is 11.3. The van der Waals surface area contributed by atoms with Crippen molar-refractivity contribution in [1.29, 1.82) is 0 Å². The molecule has 80 valence electrons. The van der Waals surface area contributed by atoms with E-state index >= 15 is 0 Å². The number of nitrogens with two attached hydrogens (primary N) is 1. The van der Waals surface area contributed by atoms with Crippen molar-refractivity contribution >= 4 is 11.6 Å². The summed E-state index contributed by atoms with van der Waals surface area (Å²) in [5, 5.41) is 3.06. The van der Waals surface area contributed by atoms with Crippen molar-refractivity contribution in [2.45, 2.75) is 38.1 Å². The zero-order chi connectivity index (χ0) is 10.4. The van der Waals surface area contributed by atoms with Gasteiger partial charge in [-0.3, -0.25) is 9.59 Å². The highest BCUT2D eigenvalue weighted by molar-refractivity contribution is 5.89. The number of nitrogens with one attached hydrogen (secondary N) is 1. The summed E-state index contributed by atoms with van der Waals surface area (Å²) in [7, 11) is 0. The number of carbonyl (C=O) groups is 2. The molecule has 0 aliphatic carbocycles. The van der Waals surface area contributed by atoms with Crippen LogP contribution in [-0.2, 0) is 9.59 Å². The molecule has 1 saturated heterocycles. The number of Topliss-reactive ketones (excluding diaryl/α,β-unsaturated/α-hetero) is 2. The van der Waals surface area contributed by atoms with E-state index in [9.17, 15) is 9.59 Å². The summed E-state index contributed by atoms with van der Waals surface area (Å²) in [5.41, 5.74) is 5.68. The third kappa shape index (κ3) is 3.98. The van der Waals surface area contributed by atoms with Gasteiger partial charge in [-0.1, -0.05) is 6.42 Å². The van der Waals surface area contributed by atoms with Crippen LogP contribution in [0, 0.1) is 0 Å². The van der Waals surface area contributed by atoms with Gasteiger partial charge in [0.25, 0.3) is 0 Å². The Kier molecular flexibility index (Phi) is 4.76. The van der Waals surface area contributed by atoms with Gasteiger partial charge in [0.2, 0.25) is 0 Å². The van der Waals surface area contributed by atoms with Crippen LogP contribution in [0.1, 0.15) is 32.1 Å². The highest BCUT2D eigenvalue weighted by Crippen LogP contribution is 2.04. The van der Waals surface area contributed by atoms with Gasteiger partial charge in [0.1, 0.15) is 11.6 Å². The maximum absolute atomic E-state index is 11.4. The third-order valence-electron chi connectivity index (χ3n) is 2.50. The van der Waals surface area contributed by atoms with Gasteiger partial charge < -0.3 is 11.1 Å². The van der Waals surface area contributed by atoms with Crippen molar-refractivity contribution in [3.63, 3.8) is 0 Å². The fraction of sp³-hybridized carbons (Fsp3) is 0.800. The van der Waals surface area contributed by atoms with Crippen LogP contribution in [0.4, 0.5) is 0 Å². The standard InChI is InChI=1S/C10H18N2O2/c11-9-3-1-2-6-12-7-8(13)4-5-10(9)14/h9,12H,1-7,11H2. The second-order valence-corrected chi connectivity index (χ2v) is 3.78. The molecule has 0 aromatic heterocycles. The van der Waals surface area contributed by atoms with Crippen LogP contribution in [0.25, 0.3) is 0 Å². The summed E-state index contributed by atoms with van der Waals surface area (Å²) < 4.78 is 0. The number of rotatable bonds is 0. The minimum atomic E-state index is -0.360. The molecule has 3 N–H and O–H groups in total. The lowest BCUT2D eigenvalue weighted by Crippen LogP contribution is -2.30. The molecular weight excluding hydrogens is 180 g/mol. The van der Waals surface area contributed by atoms with Crippen molar-refractivity contribution in [2.24, 2.45) is 5.73 Å². The van der Waals surface area contributed by atoms with E-state index in [1.807, 2.05) is 0 Å². The average molecular weight is 198 g/mol. The van der Waals surface area contributed by atoms with Gasteiger partial charge in [-0.25, -0.2) is 0 Å². The van der Waals surface area contributed by atoms with Crippen LogP contribution in [0.3, 0.4) is 0 Å². The Morgan fingerprint density at radius 2 is 2.00 bits per heavy atom. The second-order valence-electron chi connectivity index (χ2n) is 3.78. The van der Waals surface area contributed by atoms with Gasteiger partial charge in [-0.2, -0.15) is 0 Å². The van der Waals surface area contributed by atoms with Crippen LogP contribution in [-0.4, -0.2) is 30.7 Å². The number of carbonyl (C=O) groups excluding carboxylic acids is 2. The molecule has 1 unspecified atom stereocenters. The van der Waals surface area contributed by atoms with E-state index in [0.29, 0.717) is 19.4 Å². The summed E-state index contributed by atoms with van der Waals surface area (Å²) in [6.45, 7) is 1.23. The molecule has 1 fully saturated rings. The Balaban J connectivity index is 2.44. The molecule has 0 spiro atoms. The fourth-order valence-electron chi connectivity index (χ4n) is 1.54. The fourth-order valence-corrected chi connectivity index (χ4v) is 1.54. The van der Waals surface area contributed by atoms with Crippen LogP contribution in [0.5, 0.6) is 0 Å². The van der Waals surface area contributed by atoms with E-state index < -0.39 is 0 Å². The largest absolute Gasteiger partial charge is 0.322 e. The molecule has 1 heterocycles. The quantitative estimate of drug-likeness (QED) is 0.575. The first-order chi connectivity index (χ1) is 6.70. The maximum Gasteiger partial charge on any atom is 0.149 e. The minimum absolute atomic E-state index is 0.0280. The van der Waals surface area contributed by atoms with Gasteiger partial charge in [0, 0.05) is 12.8 Å². The van der Waals surface area contributed by atoms with Gasteiger partial charge in [-0.05, 0) is 19.4 Å². The number of hydrogen-bond acceptors (Lipinski definition) is 4. The Morgan fingerprint density at radius 3 is 2.79 bits per heavy atom. The van der Waals surface area contributed by atoms with Gasteiger partial charge in [0.15, 0.2) is 0 Å². The molecular formula is C10H18N2O2. The van der Waals surface area contributed by atoms with E-state index in [4.69, 9.17) is 5.73 Å². The SMILES string of the molecule is NC1CCCCNCC(=O)CCC1=O. The molecule has 0 aromatic rings. The zero-order valence-electron chi connectivity index (χ0n) is 8.42. The molecule has 4 heteroatoms. The van der Waals surface area contributed by atoms with Gasteiger partial charge in [-0.15, -0.1) is 0 Å². The minimum Gasteiger partial charge on any atom is -0.322 e. The molecule has 14 heavy (non-hydrogen) atoms. The van der Waals surface area contributed by atoms with Crippen molar-refractivity contribution < 1.29 is 9.59 Å². The highest BCUT2D eigenvalue weighted by Gasteiger charge is 2.15. The maximum atomic E-state index is 11.4. The highest BCUT2D eigenvalue weighted by atomic mass is 16.1. The average Bonchev–Trinajstić information content (AvgIpc) is 2.20. The topological polar surface area (TPSA) is 72.2 Å². The summed E-state index contributed by atoms with van der Waals surface area (Å²) in [6.07, 6.45) is 3.32. The molecule has 4 nitrogen and oxygen atoms in total. The lowest BCUT2D eigenvalue weighted by atomic mass is 10.0. The summed E-state index contributed by atoms with van der Waals surface area (Å²) in [4.78, 5) is 22.6. The van der Waals surface area contributed by atoms with E-state index in [1.165, 1.54) is 0 Å². The van der Waals surface area contributed by atoms with E-state index in [0.717, 1.165) is 25.8 Å². The van der Waals surface area contributed by atoms with Crippen LogP contribution in [0.2, 0.25) is 0 Å². The molecule has 0 radical (unpaired) electrons. The Hall–Kier alpha value is -0.740. The van der Waals surface area contributed by atoms with Crippen LogP contribution < -0.4 is 11.1 Å². The third-order valence-corrected chi connectivity index (χ3v) is 2.50. The summed E-state index contributed by atoms with van der Waals surface area (Å²) >= 11 is 0. The Labute approximate surface area is 84.2 Å². The van der Waals surface area contributed by atoms with Crippen molar-refractivity contribution in [3.8, 4) is 0 Å². The number of ketones is 2. The lowest BCUT2D eigenvalue weighted by molar-refractivity contribution is -0.124. The molecule has 0 amide bonds. The molecule has 0 bridgehead atoms. The van der Waals surface area contributed by atoms with Crippen LogP contribution >= 0.6 is 0 Å². The molecule has 1 rings (SSSR count). The first-order valence-electron chi connectivity index (χ1n) is 5.21. The summed E-state index contributed by atoms with van der Waals surface area (Å²) in [5.74, 6) is 0.132. The molecule has 1 atom stereocenters. The van der Waals surface area contributed by atoms with Crippen molar-refractivity contribution in [1.82, 2.24) is 5.32 Å². The van der Waals surface area contributed by atoms with E-state index in [2.05, 4.69) is 5.32 Å². The van der Waals surface area contributed by atoms with Gasteiger partial charge in [0.05, 0.1) is 12.6 Å². The number of hydrogen-bond donors (Lipinski definition) is 2. The predicted molar refractivity (Wildman–Crippen MR) is 53.9 cm³/mol. The first-order valence-corrected chi connectivity index (χ1v) is 5.21. The molecule has 0 aromatic carbocycles. The Bertz CT molecular complexity index is 216. The van der Waals surface area contributed by atoms with E-state index in [1.54, 1.807) is 0 Å². The monoisotopic (exact) mass is 198 g/mol. The predicted octanol–water partition coefficient (Wildman–Crippen LogP) is 0.00560. The Morgan fingerprint density at radius 1 is 1.21 bits per heavy atom. The second kappa shape index (κ2) is 5.88. The normalized spacial score (nSPS) is 27.1. The van der Waals surface area contributed by atoms with E-state index in [-0.39, 0.29) is 17.6 Å². The van der Waals surface area contributed by atoms with Crippen molar-refractivity contribution in [3.05, 3.63) is 0 Å². The molecule has 0 saturated carbocycles. The van der Waals surface area contributed by atoms with Gasteiger partial charge >= 0.3 is 0 Å². The van der Waals surface area contributed by atoms with Crippen molar-refractivity contribution in [2.75, 3.05) is 13.1 Å². The lowest BCUT2D eigenvalue weighted by Gasteiger charge is -2.08. The molecule has 1 aliphatic heterocycles.